The van der Waals surface area contributed by atoms with E-state index >= 15 is 0 Å². The highest BCUT2D eigenvalue weighted by molar-refractivity contribution is 6.18. The fourth-order valence-electron chi connectivity index (χ4n) is 1.27. The van der Waals surface area contributed by atoms with Gasteiger partial charge in [0.1, 0.15) is 5.69 Å². The molecule has 0 fully saturated rings. The summed E-state index contributed by atoms with van der Waals surface area (Å²) in [6, 6.07) is 0.832. The summed E-state index contributed by atoms with van der Waals surface area (Å²) in [5.74, 6) is 0.270. The zero-order valence-electron chi connectivity index (χ0n) is 9.74. The number of halogens is 4. The number of methoxy groups -OCH3 is 1. The highest BCUT2D eigenvalue weighted by atomic mass is 35.5. The minimum atomic E-state index is -4.48. The number of hydrogen-bond donors (Lipinski definition) is 0. The van der Waals surface area contributed by atoms with Crippen LogP contribution >= 0.6 is 11.6 Å². The van der Waals surface area contributed by atoms with Crippen LogP contribution in [-0.4, -0.2) is 42.7 Å². The normalized spacial score (nSPS) is 11.6. The Morgan fingerprint density at radius 1 is 1.39 bits per heavy atom. The molecule has 1 aromatic rings. The summed E-state index contributed by atoms with van der Waals surface area (Å²) in [6.45, 7) is 1.09. The average molecular weight is 284 g/mol. The van der Waals surface area contributed by atoms with E-state index in [2.05, 4.69) is 9.97 Å². The Kier molecular flexibility index (Phi) is 5.61. The van der Waals surface area contributed by atoms with Gasteiger partial charge < -0.3 is 9.64 Å². The standard InChI is InChI=1S/C10H13ClF3N3O/c1-18-7-6-17(5-3-11)9-15-4-2-8(16-9)10(12,13)14/h2,4H,3,5-7H2,1H3. The fourth-order valence-corrected chi connectivity index (χ4v) is 1.48. The fraction of sp³-hybridized carbons (Fsp3) is 0.600. The van der Waals surface area contributed by atoms with Crippen molar-refractivity contribution in [1.29, 1.82) is 0 Å². The molecule has 0 radical (unpaired) electrons. The molecule has 0 N–H and O–H groups in total. The van der Waals surface area contributed by atoms with Crippen molar-refractivity contribution in [2.24, 2.45) is 0 Å². The minimum Gasteiger partial charge on any atom is -0.383 e. The molecule has 0 bridgehead atoms. The molecular formula is C10H13ClF3N3O. The van der Waals surface area contributed by atoms with Crippen LogP contribution in [0, 0.1) is 0 Å². The first kappa shape index (κ1) is 15.0. The maximum atomic E-state index is 12.5. The first-order chi connectivity index (χ1) is 8.49. The third kappa shape index (κ3) is 4.30. The van der Waals surface area contributed by atoms with E-state index in [4.69, 9.17) is 16.3 Å². The topological polar surface area (TPSA) is 38.2 Å². The third-order valence-corrected chi connectivity index (χ3v) is 2.30. The van der Waals surface area contributed by atoms with Crippen LogP contribution in [-0.2, 0) is 10.9 Å². The van der Waals surface area contributed by atoms with Crippen LogP contribution in [0.1, 0.15) is 5.69 Å². The SMILES string of the molecule is COCCN(CCCl)c1nccc(C(F)(F)F)n1. The van der Waals surface area contributed by atoms with E-state index < -0.39 is 11.9 Å². The van der Waals surface area contributed by atoms with Crippen molar-refractivity contribution in [1.82, 2.24) is 9.97 Å². The molecule has 0 saturated carbocycles. The predicted octanol–water partition coefficient (Wildman–Crippen LogP) is 2.19. The predicted molar refractivity (Wildman–Crippen MR) is 61.8 cm³/mol. The van der Waals surface area contributed by atoms with Gasteiger partial charge in [-0.15, -0.1) is 11.6 Å². The molecule has 0 aliphatic carbocycles. The molecule has 4 nitrogen and oxygen atoms in total. The van der Waals surface area contributed by atoms with E-state index in [1.807, 2.05) is 0 Å². The van der Waals surface area contributed by atoms with E-state index in [1.54, 1.807) is 4.90 Å². The van der Waals surface area contributed by atoms with Gasteiger partial charge in [0.2, 0.25) is 5.95 Å². The van der Waals surface area contributed by atoms with E-state index in [9.17, 15) is 13.2 Å². The second-order valence-electron chi connectivity index (χ2n) is 3.41. The van der Waals surface area contributed by atoms with Gasteiger partial charge in [0.05, 0.1) is 6.61 Å². The zero-order chi connectivity index (χ0) is 13.6. The summed E-state index contributed by atoms with van der Waals surface area (Å²) >= 11 is 5.59. The summed E-state index contributed by atoms with van der Waals surface area (Å²) < 4.78 is 42.4. The van der Waals surface area contributed by atoms with Gasteiger partial charge in [-0.25, -0.2) is 9.97 Å². The van der Waals surface area contributed by atoms with Gasteiger partial charge in [0.25, 0.3) is 0 Å². The van der Waals surface area contributed by atoms with Crippen molar-refractivity contribution in [3.63, 3.8) is 0 Å². The zero-order valence-corrected chi connectivity index (χ0v) is 10.5. The molecule has 0 aliphatic rings. The molecule has 8 heteroatoms. The molecule has 1 heterocycles. The van der Waals surface area contributed by atoms with Crippen LogP contribution in [0.3, 0.4) is 0 Å². The van der Waals surface area contributed by atoms with Crippen molar-refractivity contribution in [3.05, 3.63) is 18.0 Å². The lowest BCUT2D eigenvalue weighted by Crippen LogP contribution is -2.31. The summed E-state index contributed by atoms with van der Waals surface area (Å²) in [4.78, 5) is 8.86. The summed E-state index contributed by atoms with van der Waals surface area (Å²) in [7, 11) is 1.51. The molecule has 1 aromatic heterocycles. The number of aromatic nitrogens is 2. The van der Waals surface area contributed by atoms with Crippen molar-refractivity contribution in [2.45, 2.75) is 6.18 Å². The van der Waals surface area contributed by atoms with Gasteiger partial charge in [0.15, 0.2) is 0 Å². The molecule has 0 aromatic carbocycles. The van der Waals surface area contributed by atoms with Crippen LogP contribution in [0.25, 0.3) is 0 Å². The first-order valence-corrected chi connectivity index (χ1v) is 5.72. The lowest BCUT2D eigenvalue weighted by molar-refractivity contribution is -0.141. The second kappa shape index (κ2) is 6.75. The van der Waals surface area contributed by atoms with E-state index in [-0.39, 0.29) is 11.8 Å². The number of ether oxygens (including phenoxy) is 1. The smallest absolute Gasteiger partial charge is 0.383 e. The van der Waals surface area contributed by atoms with E-state index in [0.717, 1.165) is 12.3 Å². The number of rotatable bonds is 6. The van der Waals surface area contributed by atoms with Crippen molar-refractivity contribution in [2.75, 3.05) is 37.6 Å². The number of nitrogens with zero attached hydrogens (tertiary/aromatic N) is 3. The van der Waals surface area contributed by atoms with Gasteiger partial charge in [-0.1, -0.05) is 0 Å². The Bertz CT molecular complexity index is 376. The molecule has 18 heavy (non-hydrogen) atoms. The maximum absolute atomic E-state index is 12.5. The largest absolute Gasteiger partial charge is 0.433 e. The lowest BCUT2D eigenvalue weighted by Gasteiger charge is -2.21. The number of hydrogen-bond acceptors (Lipinski definition) is 4. The number of alkyl halides is 4. The molecule has 0 spiro atoms. The molecule has 1 rings (SSSR count). The van der Waals surface area contributed by atoms with Crippen LogP contribution in [0.4, 0.5) is 19.1 Å². The summed E-state index contributed by atoms with van der Waals surface area (Å²) in [5, 5.41) is 0. The highest BCUT2D eigenvalue weighted by Gasteiger charge is 2.33. The molecule has 0 aliphatic heterocycles. The second-order valence-corrected chi connectivity index (χ2v) is 3.79. The van der Waals surface area contributed by atoms with Crippen molar-refractivity contribution >= 4 is 17.5 Å². The molecule has 0 atom stereocenters. The molecule has 102 valence electrons. The molecule has 0 saturated heterocycles. The Hall–Kier alpha value is -1.08. The van der Waals surface area contributed by atoms with Crippen molar-refractivity contribution < 1.29 is 17.9 Å². The van der Waals surface area contributed by atoms with Gasteiger partial charge in [-0.05, 0) is 6.07 Å². The highest BCUT2D eigenvalue weighted by Crippen LogP contribution is 2.28. The molecular weight excluding hydrogens is 271 g/mol. The van der Waals surface area contributed by atoms with Crippen LogP contribution in [0.15, 0.2) is 12.3 Å². The van der Waals surface area contributed by atoms with Gasteiger partial charge in [-0.2, -0.15) is 13.2 Å². The first-order valence-electron chi connectivity index (χ1n) is 5.19. The minimum absolute atomic E-state index is 0.00234. The average Bonchev–Trinajstić information content (AvgIpc) is 2.33. The maximum Gasteiger partial charge on any atom is 0.433 e. The molecule has 0 amide bonds. The Morgan fingerprint density at radius 3 is 2.67 bits per heavy atom. The van der Waals surface area contributed by atoms with Crippen LogP contribution < -0.4 is 4.90 Å². The summed E-state index contributed by atoms with van der Waals surface area (Å²) in [5.41, 5.74) is -0.968. The van der Waals surface area contributed by atoms with Gasteiger partial charge >= 0.3 is 6.18 Å². The van der Waals surface area contributed by atoms with Crippen LogP contribution in [0.5, 0.6) is 0 Å². The van der Waals surface area contributed by atoms with Crippen LogP contribution in [0.2, 0.25) is 0 Å². The van der Waals surface area contributed by atoms with Crippen molar-refractivity contribution in [3.8, 4) is 0 Å². The van der Waals surface area contributed by atoms with Gasteiger partial charge in [-0.3, -0.25) is 0 Å². The Morgan fingerprint density at radius 2 is 2.11 bits per heavy atom. The number of anilines is 1. The van der Waals surface area contributed by atoms with E-state index in [1.165, 1.54) is 7.11 Å². The third-order valence-electron chi connectivity index (χ3n) is 2.14. The Balaban J connectivity index is 2.90. The Labute approximate surface area is 108 Å². The quantitative estimate of drug-likeness (QED) is 0.750. The summed E-state index contributed by atoms with van der Waals surface area (Å²) in [6.07, 6.45) is -3.40. The van der Waals surface area contributed by atoms with E-state index in [0.29, 0.717) is 19.7 Å². The lowest BCUT2D eigenvalue weighted by atomic mass is 10.4. The molecule has 0 unspecified atom stereocenters. The van der Waals surface area contributed by atoms with Gasteiger partial charge in [0, 0.05) is 32.3 Å². The monoisotopic (exact) mass is 283 g/mol.